The van der Waals surface area contributed by atoms with Crippen LogP contribution in [0.4, 0.5) is 4.79 Å². The summed E-state index contributed by atoms with van der Waals surface area (Å²) in [6.45, 7) is 1.99. The monoisotopic (exact) mass is 421 g/mol. The van der Waals surface area contributed by atoms with Crippen molar-refractivity contribution in [3.05, 3.63) is 11.8 Å². The highest BCUT2D eigenvalue weighted by atomic mass is 32.2. The largest absolute Gasteiger partial charge is 0.448 e. The second-order valence-electron chi connectivity index (χ2n) is 8.92. The van der Waals surface area contributed by atoms with Gasteiger partial charge in [-0.3, -0.25) is 4.79 Å². The molecule has 4 rings (SSSR count). The molecule has 3 atom stereocenters. The van der Waals surface area contributed by atoms with Crippen LogP contribution in [0, 0.1) is 11.8 Å². The van der Waals surface area contributed by atoms with Crippen molar-refractivity contribution in [3.8, 4) is 0 Å². The molecule has 2 heterocycles. The fourth-order valence-electron chi connectivity index (χ4n) is 5.67. The van der Waals surface area contributed by atoms with Gasteiger partial charge in [0, 0.05) is 24.8 Å². The van der Waals surface area contributed by atoms with E-state index in [4.69, 9.17) is 4.74 Å². The summed E-state index contributed by atoms with van der Waals surface area (Å²) in [6.07, 6.45) is 15.6. The number of rotatable bonds is 5. The van der Waals surface area contributed by atoms with Gasteiger partial charge < -0.3 is 13.9 Å². The van der Waals surface area contributed by atoms with Crippen LogP contribution >= 0.6 is 12.1 Å². The number of carbonyl (C=O) groups excluding carboxylic acids is 2. The third kappa shape index (κ3) is 5.22. The molecule has 3 fully saturated rings. The van der Waals surface area contributed by atoms with Gasteiger partial charge in [-0.25, -0.2) is 9.52 Å². The molecule has 7 heteroatoms. The van der Waals surface area contributed by atoms with Gasteiger partial charge in [-0.1, -0.05) is 18.9 Å². The summed E-state index contributed by atoms with van der Waals surface area (Å²) in [5.74, 6) is 1.48. The first-order valence-corrected chi connectivity index (χ1v) is 12.4. The highest BCUT2D eigenvalue weighted by molar-refractivity contribution is 7.95. The van der Waals surface area contributed by atoms with E-state index in [1.54, 1.807) is 0 Å². The molecule has 162 valence electrons. The second kappa shape index (κ2) is 10.1. The van der Waals surface area contributed by atoms with E-state index in [-0.39, 0.29) is 18.9 Å². The van der Waals surface area contributed by atoms with Crippen molar-refractivity contribution in [1.82, 2.24) is 13.9 Å². The summed E-state index contributed by atoms with van der Waals surface area (Å²) in [7, 11) is 0. The molecule has 1 saturated carbocycles. The summed E-state index contributed by atoms with van der Waals surface area (Å²) < 4.78 is 10.3. The van der Waals surface area contributed by atoms with E-state index in [1.165, 1.54) is 62.8 Å². The Labute approximate surface area is 179 Å². The highest BCUT2D eigenvalue weighted by Crippen LogP contribution is 2.38. The molecule has 29 heavy (non-hydrogen) atoms. The van der Waals surface area contributed by atoms with Crippen LogP contribution in [0.1, 0.15) is 77.0 Å². The molecule has 2 amide bonds. The van der Waals surface area contributed by atoms with Crippen molar-refractivity contribution in [2.45, 2.75) is 83.1 Å². The fraction of sp³-hybridized carbons (Fsp3) is 0.818. The zero-order valence-electron chi connectivity index (χ0n) is 17.4. The van der Waals surface area contributed by atoms with Crippen LogP contribution in [0.2, 0.25) is 0 Å². The maximum atomic E-state index is 12.7. The van der Waals surface area contributed by atoms with Crippen molar-refractivity contribution in [2.75, 3.05) is 19.7 Å². The van der Waals surface area contributed by atoms with Gasteiger partial charge in [-0.2, -0.15) is 0 Å². The Kier molecular flexibility index (Phi) is 7.27. The standard InChI is InChI=1S/C22H35N3O3S/c26-21(24-14-5-9-17-7-1-3-11-19(17)24)13-16-28-22(27)23-29-25-15-6-10-18-8-2-4-12-20(18)25/h12,17-19H,1-11,13-16H2,(H,23,27)/t17?,18?,19-/m0/s1. The van der Waals surface area contributed by atoms with E-state index in [2.05, 4.69) is 20.0 Å². The molecule has 0 aromatic rings. The molecule has 4 aliphatic rings. The lowest BCUT2D eigenvalue weighted by molar-refractivity contribution is -0.138. The van der Waals surface area contributed by atoms with E-state index >= 15 is 0 Å². The average Bonchev–Trinajstić information content (AvgIpc) is 2.77. The number of nitrogens with one attached hydrogen (secondary N) is 1. The number of hydrogen-bond donors (Lipinski definition) is 1. The minimum absolute atomic E-state index is 0.147. The number of nitrogens with zero attached hydrogens (tertiary/aromatic N) is 2. The lowest BCUT2D eigenvalue weighted by atomic mass is 9.78. The van der Waals surface area contributed by atoms with E-state index in [1.807, 2.05) is 0 Å². The maximum absolute atomic E-state index is 12.7. The topological polar surface area (TPSA) is 61.9 Å². The van der Waals surface area contributed by atoms with Crippen LogP contribution in [0.15, 0.2) is 11.8 Å². The van der Waals surface area contributed by atoms with Crippen LogP contribution in [-0.2, 0) is 9.53 Å². The summed E-state index contributed by atoms with van der Waals surface area (Å²) in [4.78, 5) is 26.9. The van der Waals surface area contributed by atoms with Gasteiger partial charge in [0.2, 0.25) is 5.91 Å². The first-order chi connectivity index (χ1) is 14.2. The summed E-state index contributed by atoms with van der Waals surface area (Å²) in [5, 5.41) is 0. The third-order valence-electron chi connectivity index (χ3n) is 7.08. The molecule has 0 radical (unpaired) electrons. The van der Waals surface area contributed by atoms with E-state index in [9.17, 15) is 9.59 Å². The molecule has 0 bridgehead atoms. The van der Waals surface area contributed by atoms with Gasteiger partial charge in [-0.05, 0) is 69.6 Å². The Hall–Kier alpha value is -1.37. The summed E-state index contributed by atoms with van der Waals surface area (Å²) in [5.41, 5.74) is 1.37. The molecular formula is C22H35N3O3S. The Bertz CT molecular complexity index is 624. The van der Waals surface area contributed by atoms with Gasteiger partial charge in [-0.15, -0.1) is 0 Å². The Balaban J connectivity index is 1.17. The lowest BCUT2D eigenvalue weighted by Crippen LogP contribution is -2.49. The smallest absolute Gasteiger partial charge is 0.418 e. The summed E-state index contributed by atoms with van der Waals surface area (Å²) in [6, 6.07) is 0.421. The van der Waals surface area contributed by atoms with Crippen LogP contribution in [0.3, 0.4) is 0 Å². The zero-order valence-corrected chi connectivity index (χ0v) is 18.3. The van der Waals surface area contributed by atoms with Gasteiger partial charge >= 0.3 is 6.09 Å². The van der Waals surface area contributed by atoms with Crippen molar-refractivity contribution >= 4 is 24.1 Å². The lowest BCUT2D eigenvalue weighted by Gasteiger charge is -2.44. The molecule has 2 aliphatic heterocycles. The van der Waals surface area contributed by atoms with E-state index in [0.717, 1.165) is 38.8 Å². The Morgan fingerprint density at radius 1 is 1.03 bits per heavy atom. The quantitative estimate of drug-likeness (QED) is 0.656. The number of hydrogen-bond acceptors (Lipinski definition) is 5. The van der Waals surface area contributed by atoms with Gasteiger partial charge in [0.1, 0.15) is 6.61 Å². The Morgan fingerprint density at radius 3 is 2.76 bits per heavy atom. The first-order valence-electron chi connectivity index (χ1n) is 11.6. The van der Waals surface area contributed by atoms with Gasteiger partial charge in [0.25, 0.3) is 0 Å². The van der Waals surface area contributed by atoms with Crippen LogP contribution < -0.4 is 4.72 Å². The number of fused-ring (bicyclic) bond motifs is 2. The van der Waals surface area contributed by atoms with Crippen molar-refractivity contribution < 1.29 is 14.3 Å². The molecule has 0 spiro atoms. The minimum Gasteiger partial charge on any atom is -0.448 e. The number of likely N-dealkylation sites (tertiary alicyclic amines) is 1. The van der Waals surface area contributed by atoms with Crippen LogP contribution in [-0.4, -0.2) is 46.9 Å². The molecule has 1 N–H and O–H groups in total. The first kappa shape index (κ1) is 20.9. The second-order valence-corrected chi connectivity index (χ2v) is 9.75. The zero-order chi connectivity index (χ0) is 20.1. The van der Waals surface area contributed by atoms with Crippen LogP contribution in [0.25, 0.3) is 0 Å². The molecule has 2 unspecified atom stereocenters. The van der Waals surface area contributed by atoms with Gasteiger partial charge in [0.05, 0.1) is 18.6 Å². The molecule has 0 aromatic carbocycles. The highest BCUT2D eigenvalue weighted by Gasteiger charge is 2.35. The maximum Gasteiger partial charge on any atom is 0.418 e. The average molecular weight is 422 g/mol. The molecule has 0 aromatic heterocycles. The Morgan fingerprint density at radius 2 is 1.83 bits per heavy atom. The minimum atomic E-state index is -0.449. The molecule has 2 aliphatic carbocycles. The SMILES string of the molecule is O=C(NSN1CCCC2CCCC=C21)OCCC(=O)N1CCCC2CCCC[C@@H]21. The van der Waals surface area contributed by atoms with E-state index < -0.39 is 6.09 Å². The van der Waals surface area contributed by atoms with Crippen LogP contribution in [0.5, 0.6) is 0 Å². The van der Waals surface area contributed by atoms with Crippen molar-refractivity contribution in [1.29, 1.82) is 0 Å². The predicted octanol–water partition coefficient (Wildman–Crippen LogP) is 4.63. The van der Waals surface area contributed by atoms with E-state index in [0.29, 0.717) is 17.9 Å². The number of piperidine rings is 2. The number of allylic oxidation sites excluding steroid dienone is 2. The normalized spacial score (nSPS) is 29.4. The fourth-order valence-corrected chi connectivity index (χ4v) is 6.46. The molecular weight excluding hydrogens is 386 g/mol. The predicted molar refractivity (Wildman–Crippen MR) is 115 cm³/mol. The van der Waals surface area contributed by atoms with Gasteiger partial charge in [0.15, 0.2) is 0 Å². The third-order valence-corrected chi connectivity index (χ3v) is 7.95. The molecule has 6 nitrogen and oxygen atoms in total. The molecule has 2 saturated heterocycles. The number of ether oxygens (including phenoxy) is 1. The number of amides is 2. The van der Waals surface area contributed by atoms with Crippen molar-refractivity contribution in [3.63, 3.8) is 0 Å². The summed E-state index contributed by atoms with van der Waals surface area (Å²) >= 11 is 1.34. The van der Waals surface area contributed by atoms with Crippen molar-refractivity contribution in [2.24, 2.45) is 11.8 Å². The number of carbonyl (C=O) groups is 2.